The van der Waals surface area contributed by atoms with Gasteiger partial charge in [0.05, 0.1) is 35.9 Å². The molecule has 4 N–H and O–H groups in total. The molecule has 1 aliphatic carbocycles. The van der Waals surface area contributed by atoms with Gasteiger partial charge in [0.1, 0.15) is 17.7 Å². The number of benzene rings is 3. The van der Waals surface area contributed by atoms with Gasteiger partial charge in [0.15, 0.2) is 0 Å². The van der Waals surface area contributed by atoms with Gasteiger partial charge < -0.3 is 30.2 Å². The summed E-state index contributed by atoms with van der Waals surface area (Å²) in [6.45, 7) is 1.40. The first kappa shape index (κ1) is 36.2. The third kappa shape index (κ3) is 7.51. The maximum Gasteiger partial charge on any atom is 0.404 e. The number of nitrogens with zero attached hydrogens (tertiary/aromatic N) is 5. The van der Waals surface area contributed by atoms with Crippen molar-refractivity contribution in [1.29, 1.82) is 0 Å². The zero-order chi connectivity index (χ0) is 38.1. The highest BCUT2D eigenvalue weighted by Gasteiger charge is 2.39. The Kier molecular flexibility index (Phi) is 10.2. The minimum atomic E-state index is -1.04. The maximum atomic E-state index is 13.9. The van der Waals surface area contributed by atoms with E-state index in [2.05, 4.69) is 63.8 Å². The fourth-order valence-electron chi connectivity index (χ4n) is 8.82. The van der Waals surface area contributed by atoms with E-state index in [9.17, 15) is 14.4 Å². The Balaban J connectivity index is 0.908. The van der Waals surface area contributed by atoms with Gasteiger partial charge in [-0.05, 0) is 86.9 Å². The molecule has 2 aromatic heterocycles. The summed E-state index contributed by atoms with van der Waals surface area (Å²) in [6.07, 6.45) is 8.18. The summed E-state index contributed by atoms with van der Waals surface area (Å²) in [7, 11) is 3.90. The number of hydrogen-bond donors (Lipinski definition) is 4. The molecule has 0 spiro atoms. The molecule has 8 rings (SSSR count). The summed E-state index contributed by atoms with van der Waals surface area (Å²) in [5, 5.41) is 11.6. The zero-order valence-corrected chi connectivity index (χ0v) is 31.3. The van der Waals surface area contributed by atoms with Crippen molar-refractivity contribution in [2.75, 3.05) is 27.2 Å². The summed E-state index contributed by atoms with van der Waals surface area (Å²) in [5.41, 5.74) is 7.04. The average molecular weight is 741 g/mol. The number of likely N-dealkylation sites (tertiary alicyclic amines) is 2. The first-order valence-electron chi connectivity index (χ1n) is 19.4. The van der Waals surface area contributed by atoms with Crippen LogP contribution in [0, 0.1) is 5.92 Å². The number of aromatic amines is 2. The molecule has 55 heavy (non-hydrogen) atoms. The second-order valence-corrected chi connectivity index (χ2v) is 15.3. The number of aromatic nitrogens is 4. The van der Waals surface area contributed by atoms with Crippen LogP contribution in [0.4, 0.5) is 4.79 Å². The van der Waals surface area contributed by atoms with Crippen LogP contribution in [-0.4, -0.2) is 90.9 Å². The molecule has 5 aromatic rings. The summed E-state index contributed by atoms with van der Waals surface area (Å²) < 4.78 is 0. The number of amides is 3. The van der Waals surface area contributed by atoms with Crippen LogP contribution < -0.4 is 5.32 Å². The van der Waals surface area contributed by atoms with E-state index in [1.807, 2.05) is 71.5 Å². The summed E-state index contributed by atoms with van der Waals surface area (Å²) in [5.74, 6) is 1.64. The summed E-state index contributed by atoms with van der Waals surface area (Å²) >= 11 is 0. The largest absolute Gasteiger partial charge is 0.465 e. The smallest absolute Gasteiger partial charge is 0.404 e. The van der Waals surface area contributed by atoms with E-state index in [0.717, 1.165) is 76.5 Å². The SMILES string of the molecule is CN(C)[C@@H](C(=O)N1CCC[C@H]1c1ncc(-c2ccc(-c3ccc(-c4cnc([C@@H]5CCCN5C(=O)[C@@H]5CC[C@H](NC(=O)O)C5)[nH]4)cc3)cc2)[nH]1)c1ccccc1. The molecule has 12 heteroatoms. The molecule has 0 radical (unpaired) electrons. The minimum absolute atomic E-state index is 0.0922. The summed E-state index contributed by atoms with van der Waals surface area (Å²) in [6, 6.07) is 26.0. The number of nitrogens with one attached hydrogen (secondary N) is 3. The van der Waals surface area contributed by atoms with Gasteiger partial charge in [0, 0.05) is 25.0 Å². The van der Waals surface area contributed by atoms with Crippen LogP contribution in [-0.2, 0) is 9.59 Å². The van der Waals surface area contributed by atoms with Crippen LogP contribution >= 0.6 is 0 Å². The lowest BCUT2D eigenvalue weighted by molar-refractivity contribution is -0.137. The molecule has 2 aliphatic heterocycles. The Morgan fingerprint density at radius 3 is 1.80 bits per heavy atom. The van der Waals surface area contributed by atoms with Crippen LogP contribution in [0.1, 0.15) is 80.3 Å². The topological polar surface area (TPSA) is 151 Å². The zero-order valence-electron chi connectivity index (χ0n) is 31.3. The number of carboxylic acid groups (broad SMARTS) is 1. The van der Waals surface area contributed by atoms with E-state index in [0.29, 0.717) is 32.4 Å². The lowest BCUT2D eigenvalue weighted by Gasteiger charge is -2.31. The van der Waals surface area contributed by atoms with Crippen molar-refractivity contribution in [3.63, 3.8) is 0 Å². The molecule has 5 atom stereocenters. The number of hydrogen-bond acceptors (Lipinski definition) is 6. The highest BCUT2D eigenvalue weighted by Crippen LogP contribution is 2.38. The van der Waals surface area contributed by atoms with Crippen molar-refractivity contribution in [2.45, 2.75) is 69.1 Å². The normalized spacial score (nSPS) is 21.7. The van der Waals surface area contributed by atoms with Crippen molar-refractivity contribution in [3.05, 3.63) is 108 Å². The average Bonchev–Trinajstić information content (AvgIpc) is 4.04. The third-order valence-corrected chi connectivity index (χ3v) is 11.6. The molecule has 3 fully saturated rings. The fourth-order valence-corrected chi connectivity index (χ4v) is 8.82. The van der Waals surface area contributed by atoms with Crippen LogP contribution in [0.3, 0.4) is 0 Å². The maximum absolute atomic E-state index is 13.9. The van der Waals surface area contributed by atoms with E-state index >= 15 is 0 Å². The lowest BCUT2D eigenvalue weighted by atomic mass is 10.0. The monoisotopic (exact) mass is 740 g/mol. The van der Waals surface area contributed by atoms with Gasteiger partial charge in [0.25, 0.3) is 0 Å². The molecule has 0 bridgehead atoms. The Hall–Kier alpha value is -5.75. The number of imidazole rings is 2. The van der Waals surface area contributed by atoms with Crippen LogP contribution in [0.2, 0.25) is 0 Å². The summed E-state index contributed by atoms with van der Waals surface area (Å²) in [4.78, 5) is 60.8. The number of H-pyrrole nitrogens is 2. The Morgan fingerprint density at radius 2 is 1.25 bits per heavy atom. The second kappa shape index (κ2) is 15.5. The van der Waals surface area contributed by atoms with Crippen LogP contribution in [0.15, 0.2) is 91.3 Å². The van der Waals surface area contributed by atoms with Crippen molar-refractivity contribution in [3.8, 4) is 33.6 Å². The first-order valence-corrected chi connectivity index (χ1v) is 19.4. The van der Waals surface area contributed by atoms with E-state index < -0.39 is 6.09 Å². The Bertz CT molecular complexity index is 2130. The molecule has 3 aliphatic rings. The molecule has 12 nitrogen and oxygen atoms in total. The quantitative estimate of drug-likeness (QED) is 0.118. The van der Waals surface area contributed by atoms with Gasteiger partial charge in [-0.1, -0.05) is 78.9 Å². The van der Waals surface area contributed by atoms with E-state index in [-0.39, 0.29) is 41.9 Å². The van der Waals surface area contributed by atoms with E-state index in [1.165, 1.54) is 0 Å². The molecule has 1 saturated carbocycles. The number of likely N-dealkylation sites (N-methyl/N-ethyl adjacent to an activating group) is 1. The predicted molar refractivity (Wildman–Crippen MR) is 210 cm³/mol. The van der Waals surface area contributed by atoms with E-state index in [4.69, 9.17) is 15.1 Å². The van der Waals surface area contributed by atoms with Crippen LogP contribution in [0.25, 0.3) is 33.6 Å². The standard InChI is InChI=1S/C43H48N8O4/c1-49(2)38(31-8-4-3-5-9-31)42(53)51-23-7-11-37(51)40-45-26-35(48-40)30-18-14-28(15-19-30)27-12-16-29(17-13-27)34-25-44-39(47-34)36-10-6-22-50(36)41(52)32-20-21-33(24-32)46-43(54)55/h3-5,8-9,12-19,25-26,32-33,36-38,46H,6-7,10-11,20-24H2,1-2H3,(H,44,47)(H,45,48)(H,54,55)/t32-,33+,36+,37+,38-/m1/s1. The van der Waals surface area contributed by atoms with Gasteiger partial charge in [-0.25, -0.2) is 14.8 Å². The number of rotatable bonds is 10. The fraction of sp³-hybridized carbons (Fsp3) is 0.372. The third-order valence-electron chi connectivity index (χ3n) is 11.6. The van der Waals surface area contributed by atoms with Gasteiger partial charge in [-0.3, -0.25) is 14.5 Å². The Morgan fingerprint density at radius 1 is 0.727 bits per heavy atom. The van der Waals surface area contributed by atoms with Gasteiger partial charge in [-0.2, -0.15) is 0 Å². The molecule has 0 unspecified atom stereocenters. The predicted octanol–water partition coefficient (Wildman–Crippen LogP) is 7.20. The molecular weight excluding hydrogens is 693 g/mol. The van der Waals surface area contributed by atoms with Gasteiger partial charge in [0.2, 0.25) is 11.8 Å². The molecule has 284 valence electrons. The van der Waals surface area contributed by atoms with Crippen molar-refractivity contribution in [2.24, 2.45) is 5.92 Å². The molecule has 3 amide bonds. The number of carbonyl (C=O) groups is 3. The molecule has 2 saturated heterocycles. The molecule has 4 heterocycles. The van der Waals surface area contributed by atoms with Crippen molar-refractivity contribution >= 4 is 17.9 Å². The van der Waals surface area contributed by atoms with Gasteiger partial charge >= 0.3 is 6.09 Å². The highest BCUT2D eigenvalue weighted by molar-refractivity contribution is 5.84. The number of carbonyl (C=O) groups excluding carboxylic acids is 2. The minimum Gasteiger partial charge on any atom is -0.465 e. The first-order chi connectivity index (χ1) is 26.7. The second-order valence-electron chi connectivity index (χ2n) is 15.3. The van der Waals surface area contributed by atoms with Crippen molar-refractivity contribution in [1.82, 2.24) is 40.0 Å². The van der Waals surface area contributed by atoms with E-state index in [1.54, 1.807) is 0 Å². The van der Waals surface area contributed by atoms with Gasteiger partial charge in [-0.15, -0.1) is 0 Å². The molecule has 3 aromatic carbocycles. The van der Waals surface area contributed by atoms with Crippen molar-refractivity contribution < 1.29 is 19.5 Å². The molecular formula is C43H48N8O4. The highest BCUT2D eigenvalue weighted by atomic mass is 16.4. The Labute approximate surface area is 321 Å². The van der Waals surface area contributed by atoms with Crippen LogP contribution in [0.5, 0.6) is 0 Å². The lowest BCUT2D eigenvalue weighted by Crippen LogP contribution is -2.40.